The summed E-state index contributed by atoms with van der Waals surface area (Å²) < 4.78 is 0. The van der Waals surface area contributed by atoms with Gasteiger partial charge in [0, 0.05) is 11.8 Å². The predicted octanol–water partition coefficient (Wildman–Crippen LogP) is 1.41. The van der Waals surface area contributed by atoms with Gasteiger partial charge >= 0.3 is 0 Å². The Morgan fingerprint density at radius 3 is 2.18 bits per heavy atom. The van der Waals surface area contributed by atoms with E-state index in [4.69, 9.17) is 0 Å². The molecule has 4 nitrogen and oxygen atoms in total. The molecule has 11 heavy (non-hydrogen) atoms. The van der Waals surface area contributed by atoms with Crippen molar-refractivity contribution in [1.29, 1.82) is 0 Å². The van der Waals surface area contributed by atoms with Gasteiger partial charge in [-0.05, 0) is 0 Å². The second-order valence-electron chi connectivity index (χ2n) is 2.90. The maximum Gasteiger partial charge on any atom is 0.294 e. The summed E-state index contributed by atoms with van der Waals surface area (Å²) >= 11 is 0. The molecule has 1 rings (SSSR count). The first-order chi connectivity index (χ1) is 5.11. The van der Waals surface area contributed by atoms with E-state index in [1.165, 1.54) is 0 Å². The summed E-state index contributed by atoms with van der Waals surface area (Å²) in [6.45, 7) is 3.82. The van der Waals surface area contributed by atoms with Gasteiger partial charge in [0.1, 0.15) is 6.10 Å². The van der Waals surface area contributed by atoms with Gasteiger partial charge in [0.05, 0.1) is 0 Å². The Bertz CT molecular complexity index is 178. The van der Waals surface area contributed by atoms with Gasteiger partial charge in [-0.25, -0.2) is 0 Å². The molecule has 0 amide bonds. The quantitative estimate of drug-likeness (QED) is 0.346. The summed E-state index contributed by atoms with van der Waals surface area (Å²) in [5, 5.41) is 9.28. The zero-order valence-electron chi connectivity index (χ0n) is 6.56. The van der Waals surface area contributed by atoms with Crippen LogP contribution in [0.5, 0.6) is 0 Å². The molecule has 1 aliphatic rings. The Morgan fingerprint density at radius 1 is 1.36 bits per heavy atom. The average Bonchev–Trinajstić information content (AvgIpc) is 2.18. The van der Waals surface area contributed by atoms with Crippen LogP contribution in [0, 0.1) is 22.0 Å². The maximum absolute atomic E-state index is 10.0. The van der Waals surface area contributed by atoms with Crippen molar-refractivity contribution in [3.63, 3.8) is 0 Å². The Kier molecular flexibility index (Phi) is 2.12. The lowest BCUT2D eigenvalue weighted by Gasteiger charge is -2.16. The van der Waals surface area contributed by atoms with E-state index in [1.54, 1.807) is 0 Å². The van der Waals surface area contributed by atoms with Crippen molar-refractivity contribution in [2.75, 3.05) is 0 Å². The highest BCUT2D eigenvalue weighted by Gasteiger charge is 2.28. The fraction of sp³-hybridized carbons (Fsp3) is 0.714. The van der Waals surface area contributed by atoms with E-state index in [0.29, 0.717) is 0 Å². The van der Waals surface area contributed by atoms with Gasteiger partial charge in [-0.3, -0.25) is 0 Å². The zero-order chi connectivity index (χ0) is 8.43. The highest BCUT2D eigenvalue weighted by Crippen LogP contribution is 2.25. The number of hydrogen-bond acceptors (Lipinski definition) is 3. The second kappa shape index (κ2) is 2.90. The minimum absolute atomic E-state index is 0.149. The predicted molar refractivity (Wildman–Crippen MR) is 39.3 cm³/mol. The Morgan fingerprint density at radius 2 is 1.82 bits per heavy atom. The molecule has 0 aromatic carbocycles. The third kappa shape index (κ3) is 1.69. The van der Waals surface area contributed by atoms with Crippen molar-refractivity contribution in [1.82, 2.24) is 0 Å². The van der Waals surface area contributed by atoms with E-state index in [-0.39, 0.29) is 17.9 Å². The maximum atomic E-state index is 10.0. The molecule has 1 aliphatic carbocycles. The molecule has 0 saturated heterocycles. The van der Waals surface area contributed by atoms with Gasteiger partial charge in [-0.1, -0.05) is 26.0 Å². The van der Waals surface area contributed by atoms with Crippen LogP contribution >= 0.6 is 0 Å². The summed E-state index contributed by atoms with van der Waals surface area (Å²) in [7, 11) is 0. The van der Waals surface area contributed by atoms with Crippen molar-refractivity contribution in [3.05, 3.63) is 22.3 Å². The van der Waals surface area contributed by atoms with Crippen LogP contribution in [0.1, 0.15) is 13.8 Å². The van der Waals surface area contributed by atoms with Crippen molar-refractivity contribution in [2.24, 2.45) is 11.8 Å². The standard InChI is InChI=1S/C7H11NO3/c1-5-3-4-6(2)7(5)11-8(9)10/h3-7H,1-2H3. The summed E-state index contributed by atoms with van der Waals surface area (Å²) in [6.07, 6.45) is 3.60. The van der Waals surface area contributed by atoms with Gasteiger partial charge in [0.2, 0.25) is 0 Å². The molecule has 0 heterocycles. The smallest absolute Gasteiger partial charge is 0.294 e. The SMILES string of the molecule is CC1C=CC(C)C1O[N+](=O)[O-]. The first-order valence-electron chi connectivity index (χ1n) is 3.60. The Hall–Kier alpha value is -1.06. The fourth-order valence-electron chi connectivity index (χ4n) is 1.34. The van der Waals surface area contributed by atoms with Crippen LogP contribution in [-0.2, 0) is 4.84 Å². The van der Waals surface area contributed by atoms with Crippen LogP contribution in [0.25, 0.3) is 0 Å². The van der Waals surface area contributed by atoms with Gasteiger partial charge < -0.3 is 4.84 Å². The lowest BCUT2D eigenvalue weighted by Crippen LogP contribution is -2.25. The van der Waals surface area contributed by atoms with Crippen LogP contribution in [0.3, 0.4) is 0 Å². The largest absolute Gasteiger partial charge is 0.309 e. The topological polar surface area (TPSA) is 52.4 Å². The zero-order valence-corrected chi connectivity index (χ0v) is 6.56. The molecule has 0 aromatic rings. The van der Waals surface area contributed by atoms with Crippen LogP contribution in [0.15, 0.2) is 12.2 Å². The van der Waals surface area contributed by atoms with Crippen molar-refractivity contribution in [3.8, 4) is 0 Å². The average molecular weight is 157 g/mol. The molecule has 2 atom stereocenters. The summed E-state index contributed by atoms with van der Waals surface area (Å²) in [4.78, 5) is 14.5. The lowest BCUT2D eigenvalue weighted by atomic mass is 10.0. The molecule has 0 aliphatic heterocycles. The molecule has 0 saturated carbocycles. The van der Waals surface area contributed by atoms with E-state index in [0.717, 1.165) is 0 Å². The van der Waals surface area contributed by atoms with E-state index < -0.39 is 5.09 Å². The minimum atomic E-state index is -0.718. The van der Waals surface area contributed by atoms with Gasteiger partial charge in [0.15, 0.2) is 0 Å². The summed E-state index contributed by atoms with van der Waals surface area (Å²) in [6, 6.07) is 0. The van der Waals surface area contributed by atoms with E-state index in [2.05, 4.69) is 4.84 Å². The molecule has 0 fully saturated rings. The molecular formula is C7H11NO3. The van der Waals surface area contributed by atoms with Crippen LogP contribution in [0.4, 0.5) is 0 Å². The number of nitrogens with zero attached hydrogens (tertiary/aromatic N) is 1. The van der Waals surface area contributed by atoms with E-state index >= 15 is 0 Å². The van der Waals surface area contributed by atoms with Crippen molar-refractivity contribution >= 4 is 0 Å². The van der Waals surface area contributed by atoms with E-state index in [1.807, 2.05) is 26.0 Å². The lowest BCUT2D eigenvalue weighted by molar-refractivity contribution is -0.771. The normalized spacial score (nSPS) is 35.6. The van der Waals surface area contributed by atoms with Gasteiger partial charge in [-0.2, -0.15) is 0 Å². The molecule has 0 spiro atoms. The number of hydrogen-bond donors (Lipinski definition) is 0. The Balaban J connectivity index is 2.52. The van der Waals surface area contributed by atoms with Crippen LogP contribution < -0.4 is 0 Å². The van der Waals surface area contributed by atoms with Crippen LogP contribution in [-0.4, -0.2) is 11.2 Å². The second-order valence-corrected chi connectivity index (χ2v) is 2.90. The van der Waals surface area contributed by atoms with Gasteiger partial charge in [0.25, 0.3) is 5.09 Å². The third-order valence-corrected chi connectivity index (χ3v) is 1.96. The molecule has 0 bridgehead atoms. The summed E-state index contributed by atoms with van der Waals surface area (Å²) in [5.41, 5.74) is 0. The molecular weight excluding hydrogens is 146 g/mol. The van der Waals surface area contributed by atoms with Crippen molar-refractivity contribution in [2.45, 2.75) is 20.0 Å². The molecule has 0 radical (unpaired) electrons. The van der Waals surface area contributed by atoms with Crippen molar-refractivity contribution < 1.29 is 9.92 Å². The highest BCUT2D eigenvalue weighted by molar-refractivity contribution is 5.04. The molecule has 2 unspecified atom stereocenters. The monoisotopic (exact) mass is 157 g/mol. The molecule has 0 aromatic heterocycles. The van der Waals surface area contributed by atoms with Crippen LogP contribution in [0.2, 0.25) is 0 Å². The highest BCUT2D eigenvalue weighted by atomic mass is 17.0. The first-order valence-corrected chi connectivity index (χ1v) is 3.60. The van der Waals surface area contributed by atoms with E-state index in [9.17, 15) is 10.1 Å². The minimum Gasteiger partial charge on any atom is -0.309 e. The third-order valence-electron chi connectivity index (χ3n) is 1.96. The van der Waals surface area contributed by atoms with Gasteiger partial charge in [-0.15, -0.1) is 10.1 Å². The Labute approximate surface area is 65.0 Å². The molecule has 4 heteroatoms. The first kappa shape index (κ1) is 8.04. The molecule has 62 valence electrons. The fourth-order valence-corrected chi connectivity index (χ4v) is 1.34. The number of rotatable bonds is 2. The molecule has 0 N–H and O–H groups in total. The summed E-state index contributed by atoms with van der Waals surface area (Å²) in [5.74, 6) is 0.297.